The summed E-state index contributed by atoms with van der Waals surface area (Å²) in [4.78, 5) is 23.1. The lowest BCUT2D eigenvalue weighted by Crippen LogP contribution is -2.15. The van der Waals surface area contributed by atoms with Gasteiger partial charge in [0.1, 0.15) is 0 Å². The van der Waals surface area contributed by atoms with Crippen LogP contribution in [0.2, 0.25) is 0 Å². The highest BCUT2D eigenvalue weighted by atomic mass is 16.4. The summed E-state index contributed by atoms with van der Waals surface area (Å²) < 4.78 is 0. The second-order valence-corrected chi connectivity index (χ2v) is 6.46. The van der Waals surface area contributed by atoms with Crippen LogP contribution in [0.4, 0.5) is 0 Å². The lowest BCUT2D eigenvalue weighted by atomic mass is 9.85. The van der Waals surface area contributed by atoms with Crippen molar-refractivity contribution in [3.63, 3.8) is 0 Å². The SMILES string of the molecule is CCCCc1c(CC(CC)CCCC)ccc(C(=O)O)c1C(=O)O. The molecule has 134 valence electrons. The van der Waals surface area contributed by atoms with Crippen LogP contribution in [0.1, 0.15) is 91.1 Å². The van der Waals surface area contributed by atoms with Crippen LogP contribution in [0, 0.1) is 5.92 Å². The van der Waals surface area contributed by atoms with Gasteiger partial charge in [0.25, 0.3) is 0 Å². The molecule has 0 saturated carbocycles. The summed E-state index contributed by atoms with van der Waals surface area (Å²) in [7, 11) is 0. The number of carbonyl (C=O) groups is 2. The van der Waals surface area contributed by atoms with Crippen molar-refractivity contribution in [2.24, 2.45) is 5.92 Å². The Bertz CT molecular complexity index is 563. The van der Waals surface area contributed by atoms with Crippen molar-refractivity contribution in [2.45, 2.75) is 72.1 Å². The quantitative estimate of drug-likeness (QED) is 0.584. The number of carboxylic acids is 2. The minimum atomic E-state index is -1.17. The lowest BCUT2D eigenvalue weighted by Gasteiger charge is -2.19. The minimum Gasteiger partial charge on any atom is -0.478 e. The Morgan fingerprint density at radius 3 is 2.17 bits per heavy atom. The van der Waals surface area contributed by atoms with E-state index in [9.17, 15) is 19.8 Å². The van der Waals surface area contributed by atoms with E-state index in [-0.39, 0.29) is 11.1 Å². The normalized spacial score (nSPS) is 12.1. The van der Waals surface area contributed by atoms with Gasteiger partial charge in [-0.2, -0.15) is 0 Å². The fourth-order valence-electron chi connectivity index (χ4n) is 3.20. The third kappa shape index (κ3) is 5.36. The molecule has 4 heteroatoms. The number of rotatable bonds is 11. The van der Waals surface area contributed by atoms with Gasteiger partial charge in [0.15, 0.2) is 0 Å². The Morgan fingerprint density at radius 1 is 1.00 bits per heavy atom. The Labute approximate surface area is 144 Å². The van der Waals surface area contributed by atoms with Crippen molar-refractivity contribution in [2.75, 3.05) is 0 Å². The molecule has 1 atom stereocenters. The molecule has 0 amide bonds. The minimum absolute atomic E-state index is 0.0150. The van der Waals surface area contributed by atoms with Gasteiger partial charge in [-0.1, -0.05) is 58.9 Å². The van der Waals surface area contributed by atoms with Crippen LogP contribution < -0.4 is 0 Å². The fourth-order valence-corrected chi connectivity index (χ4v) is 3.20. The van der Waals surface area contributed by atoms with Crippen LogP contribution in [-0.4, -0.2) is 22.2 Å². The molecule has 2 N–H and O–H groups in total. The van der Waals surface area contributed by atoms with Gasteiger partial charge in [-0.25, -0.2) is 9.59 Å². The van der Waals surface area contributed by atoms with Gasteiger partial charge >= 0.3 is 11.9 Å². The zero-order chi connectivity index (χ0) is 18.1. The summed E-state index contributed by atoms with van der Waals surface area (Å²) in [5.74, 6) is -1.79. The van der Waals surface area contributed by atoms with Crippen LogP contribution in [0.15, 0.2) is 12.1 Å². The molecular formula is C20H30O4. The van der Waals surface area contributed by atoms with Crippen molar-refractivity contribution >= 4 is 11.9 Å². The summed E-state index contributed by atoms with van der Waals surface area (Å²) >= 11 is 0. The van der Waals surface area contributed by atoms with E-state index in [1.165, 1.54) is 12.5 Å². The topological polar surface area (TPSA) is 74.6 Å². The second-order valence-electron chi connectivity index (χ2n) is 6.46. The maximum absolute atomic E-state index is 11.7. The summed E-state index contributed by atoms with van der Waals surface area (Å²) in [6.07, 6.45) is 7.76. The smallest absolute Gasteiger partial charge is 0.336 e. The first-order chi connectivity index (χ1) is 11.5. The summed E-state index contributed by atoms with van der Waals surface area (Å²) in [6.45, 7) is 6.39. The molecule has 0 aliphatic heterocycles. The first kappa shape index (κ1) is 20.2. The van der Waals surface area contributed by atoms with Crippen molar-refractivity contribution < 1.29 is 19.8 Å². The summed E-state index contributed by atoms with van der Waals surface area (Å²) in [5.41, 5.74) is 1.62. The third-order valence-electron chi connectivity index (χ3n) is 4.69. The van der Waals surface area contributed by atoms with Crippen LogP contribution in [0.25, 0.3) is 0 Å². The number of unbranched alkanes of at least 4 members (excludes halogenated alkanes) is 2. The van der Waals surface area contributed by atoms with E-state index in [1.807, 2.05) is 6.07 Å². The highest BCUT2D eigenvalue weighted by Gasteiger charge is 2.23. The average molecular weight is 334 g/mol. The molecule has 0 fully saturated rings. The molecule has 4 nitrogen and oxygen atoms in total. The molecule has 0 bridgehead atoms. The molecule has 0 saturated heterocycles. The van der Waals surface area contributed by atoms with E-state index < -0.39 is 11.9 Å². The van der Waals surface area contributed by atoms with E-state index in [2.05, 4.69) is 20.8 Å². The largest absolute Gasteiger partial charge is 0.478 e. The number of aromatic carboxylic acids is 2. The molecule has 1 rings (SSSR count). The zero-order valence-electron chi connectivity index (χ0n) is 15.1. The Hall–Kier alpha value is -1.84. The second kappa shape index (κ2) is 10.1. The first-order valence-electron chi connectivity index (χ1n) is 9.07. The molecule has 0 aromatic heterocycles. The predicted molar refractivity (Wildman–Crippen MR) is 96.0 cm³/mol. The predicted octanol–water partition coefficient (Wildman–Crippen LogP) is 5.18. The number of hydrogen-bond acceptors (Lipinski definition) is 2. The fraction of sp³-hybridized carbons (Fsp3) is 0.600. The molecular weight excluding hydrogens is 304 g/mol. The highest BCUT2D eigenvalue weighted by molar-refractivity contribution is 6.03. The first-order valence-corrected chi connectivity index (χ1v) is 9.07. The molecule has 1 unspecified atom stereocenters. The van der Waals surface area contributed by atoms with Gasteiger partial charge in [0, 0.05) is 0 Å². The van der Waals surface area contributed by atoms with E-state index in [4.69, 9.17) is 0 Å². The summed E-state index contributed by atoms with van der Waals surface area (Å²) in [5, 5.41) is 18.9. The van der Waals surface area contributed by atoms with Crippen molar-refractivity contribution in [1.29, 1.82) is 0 Å². The van der Waals surface area contributed by atoms with E-state index in [0.29, 0.717) is 12.3 Å². The van der Waals surface area contributed by atoms with Gasteiger partial charge in [0.2, 0.25) is 0 Å². The van der Waals surface area contributed by atoms with E-state index in [0.717, 1.165) is 49.7 Å². The number of carboxylic acid groups (broad SMARTS) is 2. The van der Waals surface area contributed by atoms with Crippen molar-refractivity contribution in [1.82, 2.24) is 0 Å². The molecule has 1 aromatic rings. The Kier molecular flexibility index (Phi) is 8.51. The average Bonchev–Trinajstić information content (AvgIpc) is 2.56. The van der Waals surface area contributed by atoms with Crippen molar-refractivity contribution in [3.8, 4) is 0 Å². The van der Waals surface area contributed by atoms with Crippen LogP contribution in [0.3, 0.4) is 0 Å². The van der Waals surface area contributed by atoms with Gasteiger partial charge in [0.05, 0.1) is 11.1 Å². The number of benzene rings is 1. The van der Waals surface area contributed by atoms with Gasteiger partial charge in [-0.15, -0.1) is 0 Å². The Balaban J connectivity index is 3.29. The molecule has 0 aliphatic carbocycles. The maximum Gasteiger partial charge on any atom is 0.336 e. The summed E-state index contributed by atoms with van der Waals surface area (Å²) in [6, 6.07) is 3.29. The molecule has 0 radical (unpaired) electrons. The zero-order valence-corrected chi connectivity index (χ0v) is 15.1. The van der Waals surface area contributed by atoms with Crippen LogP contribution in [-0.2, 0) is 12.8 Å². The van der Waals surface area contributed by atoms with Crippen LogP contribution >= 0.6 is 0 Å². The standard InChI is InChI=1S/C20H30O4/c1-4-7-9-14(6-3)13-15-11-12-17(19(21)22)18(20(23)24)16(15)10-8-5-2/h11-12,14H,4-10,13H2,1-3H3,(H,21,22)(H,23,24). The Morgan fingerprint density at radius 2 is 1.67 bits per heavy atom. The van der Waals surface area contributed by atoms with Gasteiger partial charge in [-0.3, -0.25) is 0 Å². The van der Waals surface area contributed by atoms with Gasteiger partial charge < -0.3 is 10.2 Å². The molecule has 0 spiro atoms. The molecule has 0 aliphatic rings. The molecule has 0 heterocycles. The van der Waals surface area contributed by atoms with Gasteiger partial charge in [-0.05, 0) is 42.4 Å². The van der Waals surface area contributed by atoms with Crippen molar-refractivity contribution in [3.05, 3.63) is 34.4 Å². The van der Waals surface area contributed by atoms with E-state index in [1.54, 1.807) is 0 Å². The maximum atomic E-state index is 11.7. The third-order valence-corrected chi connectivity index (χ3v) is 4.69. The van der Waals surface area contributed by atoms with E-state index >= 15 is 0 Å². The molecule has 1 aromatic carbocycles. The van der Waals surface area contributed by atoms with Crippen LogP contribution in [0.5, 0.6) is 0 Å². The molecule has 24 heavy (non-hydrogen) atoms. The monoisotopic (exact) mass is 334 g/mol. The highest BCUT2D eigenvalue weighted by Crippen LogP contribution is 2.27. The number of hydrogen-bond donors (Lipinski definition) is 2. The lowest BCUT2D eigenvalue weighted by molar-refractivity contribution is 0.0650.